The van der Waals surface area contributed by atoms with Crippen molar-refractivity contribution in [3.63, 3.8) is 0 Å². The van der Waals surface area contributed by atoms with Gasteiger partial charge in [-0.05, 0) is 115 Å². The summed E-state index contributed by atoms with van der Waals surface area (Å²) in [6, 6.07) is 26.3. The fraction of sp³-hybridized carbons (Fsp3) is 0.429. The summed E-state index contributed by atoms with van der Waals surface area (Å²) in [5.74, 6) is 0. The molecular formula is C42H56N4O8S4. The molecule has 4 aromatic rings. The maximum absolute atomic E-state index is 14.1. The van der Waals surface area contributed by atoms with Gasteiger partial charge in [0.15, 0.2) is 0 Å². The molecule has 0 aromatic heterocycles. The van der Waals surface area contributed by atoms with Gasteiger partial charge in [0, 0.05) is 52.4 Å². The Morgan fingerprint density at radius 1 is 0.276 bits per heavy atom. The van der Waals surface area contributed by atoms with E-state index in [1.165, 1.54) is 17.2 Å². The highest BCUT2D eigenvalue weighted by atomic mass is 32.2. The Bertz CT molecular complexity index is 2060. The van der Waals surface area contributed by atoms with Crippen molar-refractivity contribution in [2.75, 3.05) is 52.4 Å². The van der Waals surface area contributed by atoms with Crippen molar-refractivity contribution >= 4 is 40.1 Å². The molecule has 16 heteroatoms. The van der Waals surface area contributed by atoms with Gasteiger partial charge in [-0.25, -0.2) is 33.7 Å². The molecular weight excluding hydrogens is 817 g/mol. The predicted molar refractivity (Wildman–Crippen MR) is 227 cm³/mol. The van der Waals surface area contributed by atoms with Crippen molar-refractivity contribution in [1.82, 2.24) is 17.2 Å². The quantitative estimate of drug-likeness (QED) is 0.199. The van der Waals surface area contributed by atoms with Crippen LogP contribution in [0.15, 0.2) is 117 Å². The van der Waals surface area contributed by atoms with E-state index in [9.17, 15) is 33.7 Å². The first kappa shape index (κ1) is 45.6. The van der Waals surface area contributed by atoms with Crippen LogP contribution in [0.5, 0.6) is 0 Å². The first-order chi connectivity index (χ1) is 27.4. The summed E-state index contributed by atoms with van der Waals surface area (Å²) in [6.45, 7) is 7.94. The van der Waals surface area contributed by atoms with Gasteiger partial charge in [-0.1, -0.05) is 70.8 Å². The van der Waals surface area contributed by atoms with Crippen molar-refractivity contribution < 1.29 is 33.7 Å². The SMILES string of the molecule is Cc1ccc(S(=O)(=O)N2CCCCN(S(=O)(=O)c3ccc(C)cc3)CCCN(S(=O)(=O)c3ccc(C)cc3)CCCCN(S(=O)(=O)c3ccc(C)cc3)CCC2)cc1. The number of nitrogens with zero attached hydrogens (tertiary/aromatic N) is 4. The number of aryl methyl sites for hydroxylation is 4. The Hall–Kier alpha value is -3.48. The van der Waals surface area contributed by atoms with Crippen molar-refractivity contribution in [2.45, 2.75) is 85.8 Å². The van der Waals surface area contributed by atoms with Gasteiger partial charge in [-0.15, -0.1) is 0 Å². The summed E-state index contributed by atoms with van der Waals surface area (Å²) < 4.78 is 118. The third-order valence-corrected chi connectivity index (χ3v) is 18.0. The summed E-state index contributed by atoms with van der Waals surface area (Å²) in [7, 11) is -15.9. The first-order valence-electron chi connectivity index (χ1n) is 19.7. The monoisotopic (exact) mass is 872 g/mol. The van der Waals surface area contributed by atoms with Crippen molar-refractivity contribution in [3.8, 4) is 0 Å². The van der Waals surface area contributed by atoms with E-state index in [0.29, 0.717) is 25.7 Å². The molecule has 0 spiro atoms. The minimum Gasteiger partial charge on any atom is -0.207 e. The van der Waals surface area contributed by atoms with E-state index in [-0.39, 0.29) is 84.8 Å². The molecule has 316 valence electrons. The molecule has 1 aliphatic rings. The molecule has 4 aromatic carbocycles. The van der Waals surface area contributed by atoms with Crippen LogP contribution in [0.25, 0.3) is 0 Å². The molecule has 0 unspecified atom stereocenters. The highest BCUT2D eigenvalue weighted by Crippen LogP contribution is 2.24. The van der Waals surface area contributed by atoms with Gasteiger partial charge in [-0.2, -0.15) is 17.2 Å². The lowest BCUT2D eigenvalue weighted by Crippen LogP contribution is -2.39. The molecule has 0 atom stereocenters. The molecule has 1 fully saturated rings. The highest BCUT2D eigenvalue weighted by Gasteiger charge is 2.30. The minimum atomic E-state index is -3.98. The Kier molecular flexibility index (Phi) is 15.5. The lowest BCUT2D eigenvalue weighted by atomic mass is 10.2. The van der Waals surface area contributed by atoms with E-state index >= 15 is 0 Å². The Balaban J connectivity index is 1.47. The molecule has 1 heterocycles. The predicted octanol–water partition coefficient (Wildman–Crippen LogP) is 6.34. The van der Waals surface area contributed by atoms with E-state index in [4.69, 9.17) is 0 Å². The van der Waals surface area contributed by atoms with Crippen LogP contribution in [0.4, 0.5) is 0 Å². The van der Waals surface area contributed by atoms with Crippen LogP contribution < -0.4 is 0 Å². The molecule has 0 N–H and O–H groups in total. The zero-order valence-electron chi connectivity index (χ0n) is 33.8. The second-order valence-electron chi connectivity index (χ2n) is 15.0. The Morgan fingerprint density at radius 3 is 0.603 bits per heavy atom. The fourth-order valence-corrected chi connectivity index (χ4v) is 12.9. The molecule has 12 nitrogen and oxygen atoms in total. The Morgan fingerprint density at radius 2 is 0.431 bits per heavy atom. The van der Waals surface area contributed by atoms with Crippen LogP contribution in [0, 0.1) is 27.7 Å². The van der Waals surface area contributed by atoms with Gasteiger partial charge >= 0.3 is 0 Å². The average molecular weight is 873 g/mol. The number of hydrogen-bond acceptors (Lipinski definition) is 8. The summed E-state index contributed by atoms with van der Waals surface area (Å²) in [5, 5.41) is 0. The molecule has 0 bridgehead atoms. The zero-order valence-corrected chi connectivity index (χ0v) is 37.1. The Labute approximate surface area is 346 Å². The first-order valence-corrected chi connectivity index (χ1v) is 25.5. The van der Waals surface area contributed by atoms with Gasteiger partial charge in [-0.3, -0.25) is 0 Å². The molecule has 1 saturated heterocycles. The maximum atomic E-state index is 14.1. The lowest BCUT2D eigenvalue weighted by Gasteiger charge is -2.28. The van der Waals surface area contributed by atoms with Gasteiger partial charge in [0.05, 0.1) is 19.6 Å². The standard InChI is InChI=1S/C42H56N4O8S4/c1-35-11-19-39(20-12-35)55(47,48)43-27-5-6-28-45(57(51,52)41-23-15-37(3)16-24-41)33-10-34-46(58(53,54)42-25-17-38(4)18-26-42)30-8-7-29-44(32-9-31-43)56(49,50)40-21-13-36(2)14-22-40/h11-26H,5-10,27-34H2,1-4H3. The molecule has 5 rings (SSSR count). The summed E-state index contributed by atoms with van der Waals surface area (Å²) in [4.78, 5) is 0.493. The maximum Gasteiger partial charge on any atom is 0.243 e. The molecule has 1 aliphatic heterocycles. The van der Waals surface area contributed by atoms with Gasteiger partial charge in [0.1, 0.15) is 0 Å². The smallest absolute Gasteiger partial charge is 0.207 e. The van der Waals surface area contributed by atoms with Crippen molar-refractivity contribution in [1.29, 1.82) is 0 Å². The van der Waals surface area contributed by atoms with Crippen LogP contribution in [0.1, 0.15) is 60.8 Å². The normalized spacial score (nSPS) is 18.0. The molecule has 58 heavy (non-hydrogen) atoms. The number of benzene rings is 4. The van der Waals surface area contributed by atoms with E-state index in [1.54, 1.807) is 97.1 Å². The van der Waals surface area contributed by atoms with E-state index in [2.05, 4.69) is 0 Å². The van der Waals surface area contributed by atoms with Crippen LogP contribution in [-0.2, 0) is 40.1 Å². The average Bonchev–Trinajstić information content (AvgIpc) is 3.18. The van der Waals surface area contributed by atoms with Gasteiger partial charge in [0.25, 0.3) is 0 Å². The molecule has 0 aliphatic carbocycles. The van der Waals surface area contributed by atoms with Crippen molar-refractivity contribution in [2.24, 2.45) is 0 Å². The number of sulfonamides is 4. The fourth-order valence-electron chi connectivity index (χ4n) is 6.85. The minimum absolute atomic E-state index is 0.0318. The van der Waals surface area contributed by atoms with Gasteiger partial charge < -0.3 is 0 Å². The zero-order chi connectivity index (χ0) is 42.1. The van der Waals surface area contributed by atoms with Crippen LogP contribution >= 0.6 is 0 Å². The second kappa shape index (κ2) is 19.7. The summed E-state index contributed by atoms with van der Waals surface area (Å²) >= 11 is 0. The van der Waals surface area contributed by atoms with Gasteiger partial charge in [0.2, 0.25) is 40.1 Å². The second-order valence-corrected chi connectivity index (χ2v) is 22.7. The van der Waals surface area contributed by atoms with Crippen LogP contribution in [-0.4, -0.2) is 103 Å². The van der Waals surface area contributed by atoms with E-state index in [0.717, 1.165) is 22.3 Å². The number of hydrogen-bond donors (Lipinski definition) is 0. The molecule has 0 amide bonds. The largest absolute Gasteiger partial charge is 0.243 e. The lowest BCUT2D eigenvalue weighted by molar-refractivity contribution is 0.320. The van der Waals surface area contributed by atoms with Crippen molar-refractivity contribution in [3.05, 3.63) is 119 Å². The third-order valence-electron chi connectivity index (χ3n) is 10.4. The topological polar surface area (TPSA) is 150 Å². The third kappa shape index (κ3) is 11.4. The summed E-state index contributed by atoms with van der Waals surface area (Å²) in [5.41, 5.74) is 3.62. The van der Waals surface area contributed by atoms with E-state index in [1.807, 2.05) is 27.7 Å². The molecule has 0 saturated carbocycles. The molecule has 0 radical (unpaired) electrons. The van der Waals surface area contributed by atoms with Crippen LogP contribution in [0.2, 0.25) is 0 Å². The number of rotatable bonds is 8. The van der Waals surface area contributed by atoms with Crippen LogP contribution in [0.3, 0.4) is 0 Å². The van der Waals surface area contributed by atoms with E-state index < -0.39 is 40.1 Å². The highest BCUT2D eigenvalue weighted by molar-refractivity contribution is 7.90. The summed E-state index contributed by atoms with van der Waals surface area (Å²) in [6.07, 6.45) is 1.68.